The number of hydrogen-bond acceptors (Lipinski definition) is 5. The van der Waals surface area contributed by atoms with Gasteiger partial charge in [0, 0.05) is 30.3 Å². The lowest BCUT2D eigenvalue weighted by Gasteiger charge is -2.32. The van der Waals surface area contributed by atoms with Crippen LogP contribution in [0, 0.1) is 13.8 Å². The Morgan fingerprint density at radius 1 is 1.31 bits per heavy atom. The predicted molar refractivity (Wildman–Crippen MR) is 94.3 cm³/mol. The van der Waals surface area contributed by atoms with Gasteiger partial charge in [-0.15, -0.1) is 0 Å². The zero-order valence-corrected chi connectivity index (χ0v) is 15.1. The molecule has 2 aromatic heterocycles. The number of carbonyl (C=O) groups excluding carboxylic acids is 1. The Bertz CT molecular complexity index is 899. The first kappa shape index (κ1) is 17.0. The topological polar surface area (TPSA) is 88.4 Å². The van der Waals surface area contributed by atoms with E-state index in [0.717, 1.165) is 37.0 Å². The molecule has 3 heterocycles. The smallest absolute Gasteiger partial charge is 0.257 e. The molecule has 138 valence electrons. The van der Waals surface area contributed by atoms with Crippen molar-refractivity contribution in [1.29, 1.82) is 0 Å². The van der Waals surface area contributed by atoms with Crippen molar-refractivity contribution in [2.45, 2.75) is 45.6 Å². The van der Waals surface area contributed by atoms with E-state index in [4.69, 9.17) is 9.15 Å². The molecule has 2 aliphatic rings. The summed E-state index contributed by atoms with van der Waals surface area (Å²) in [5.74, 6) is 2.12. The molecule has 1 N–H and O–H groups in total. The van der Waals surface area contributed by atoms with E-state index in [-0.39, 0.29) is 11.5 Å². The normalized spacial score (nSPS) is 20.1. The van der Waals surface area contributed by atoms with Crippen molar-refractivity contribution < 1.29 is 13.9 Å². The van der Waals surface area contributed by atoms with E-state index in [1.54, 1.807) is 11.8 Å². The number of aromatic nitrogens is 2. The second kappa shape index (κ2) is 6.72. The molecule has 0 radical (unpaired) electrons. The Hall–Kier alpha value is -2.41. The molecule has 2 aromatic rings. The zero-order chi connectivity index (χ0) is 18.3. The van der Waals surface area contributed by atoms with Crippen molar-refractivity contribution in [3.63, 3.8) is 0 Å². The van der Waals surface area contributed by atoms with Crippen LogP contribution < -0.4 is 5.56 Å². The monoisotopic (exact) mass is 357 g/mol. The number of fused-ring (bicyclic) bond motifs is 1. The molecule has 1 aliphatic carbocycles. The third-order valence-corrected chi connectivity index (χ3v) is 5.11. The van der Waals surface area contributed by atoms with Gasteiger partial charge in [0.2, 0.25) is 0 Å². The number of aryl methyl sites for hydroxylation is 3. The standard InChI is InChI=1S/C19H23N3O4/c1-11-9-16(23)21-18(20-11)15-10-22(7-8-25-15)19(24)17-12(2)26-14-6-4-3-5-13(14)17/h9,15H,3-8,10H2,1-2H3,(H,20,21,23)/t15-/m1/s1. The minimum Gasteiger partial charge on any atom is -0.465 e. The van der Waals surface area contributed by atoms with E-state index in [9.17, 15) is 9.59 Å². The van der Waals surface area contributed by atoms with Crippen LogP contribution in [0.1, 0.15) is 57.9 Å². The van der Waals surface area contributed by atoms with Gasteiger partial charge < -0.3 is 19.0 Å². The second-order valence-corrected chi connectivity index (χ2v) is 7.02. The Labute approximate surface area is 151 Å². The third-order valence-electron chi connectivity index (χ3n) is 5.11. The van der Waals surface area contributed by atoms with Gasteiger partial charge in [-0.1, -0.05) is 0 Å². The molecule has 1 atom stereocenters. The summed E-state index contributed by atoms with van der Waals surface area (Å²) in [6.45, 7) is 4.93. The molecule has 1 aliphatic heterocycles. The average molecular weight is 357 g/mol. The van der Waals surface area contributed by atoms with Gasteiger partial charge in [0.05, 0.1) is 18.7 Å². The maximum atomic E-state index is 13.2. The van der Waals surface area contributed by atoms with E-state index in [1.807, 2.05) is 6.92 Å². The number of nitrogens with one attached hydrogen (secondary N) is 1. The van der Waals surface area contributed by atoms with Crippen LogP contribution >= 0.6 is 0 Å². The summed E-state index contributed by atoms with van der Waals surface area (Å²) in [4.78, 5) is 33.8. The highest BCUT2D eigenvalue weighted by Gasteiger charge is 2.32. The lowest BCUT2D eigenvalue weighted by Crippen LogP contribution is -2.43. The quantitative estimate of drug-likeness (QED) is 0.889. The van der Waals surface area contributed by atoms with Crippen molar-refractivity contribution >= 4 is 5.91 Å². The van der Waals surface area contributed by atoms with Gasteiger partial charge in [-0.25, -0.2) is 4.98 Å². The molecule has 4 rings (SSSR count). The first-order chi connectivity index (χ1) is 12.5. The number of carbonyl (C=O) groups is 1. The highest BCUT2D eigenvalue weighted by molar-refractivity contribution is 5.97. The minimum absolute atomic E-state index is 0.0160. The summed E-state index contributed by atoms with van der Waals surface area (Å²) in [6, 6.07) is 1.44. The largest absolute Gasteiger partial charge is 0.465 e. The van der Waals surface area contributed by atoms with Crippen LogP contribution in [0.3, 0.4) is 0 Å². The van der Waals surface area contributed by atoms with E-state index < -0.39 is 6.10 Å². The van der Waals surface area contributed by atoms with Gasteiger partial charge in [0.1, 0.15) is 23.4 Å². The van der Waals surface area contributed by atoms with Crippen molar-refractivity contribution in [2.24, 2.45) is 0 Å². The molecule has 0 saturated carbocycles. The number of nitrogens with zero attached hydrogens (tertiary/aromatic N) is 2. The number of hydrogen-bond donors (Lipinski definition) is 1. The van der Waals surface area contributed by atoms with Gasteiger partial charge in [-0.05, 0) is 33.1 Å². The summed E-state index contributed by atoms with van der Waals surface area (Å²) >= 11 is 0. The van der Waals surface area contributed by atoms with E-state index >= 15 is 0 Å². The molecule has 0 spiro atoms. The molecule has 26 heavy (non-hydrogen) atoms. The summed E-state index contributed by atoms with van der Waals surface area (Å²) < 4.78 is 11.6. The molecule has 1 saturated heterocycles. The molecule has 7 nitrogen and oxygen atoms in total. The number of morpholine rings is 1. The van der Waals surface area contributed by atoms with Crippen LogP contribution in [0.2, 0.25) is 0 Å². The summed E-state index contributed by atoms with van der Waals surface area (Å²) in [5, 5.41) is 0. The zero-order valence-electron chi connectivity index (χ0n) is 15.1. The molecule has 0 bridgehead atoms. The lowest BCUT2D eigenvalue weighted by molar-refractivity contribution is -0.0270. The fourth-order valence-electron chi connectivity index (χ4n) is 3.89. The molecular weight excluding hydrogens is 334 g/mol. The summed E-state index contributed by atoms with van der Waals surface area (Å²) in [6.07, 6.45) is 3.58. The molecule has 0 aromatic carbocycles. The number of H-pyrrole nitrogens is 1. The van der Waals surface area contributed by atoms with Crippen LogP contribution in [0.5, 0.6) is 0 Å². The van der Waals surface area contributed by atoms with Gasteiger partial charge in [-0.2, -0.15) is 0 Å². The van der Waals surface area contributed by atoms with Crippen molar-refractivity contribution in [1.82, 2.24) is 14.9 Å². The maximum Gasteiger partial charge on any atom is 0.257 e. The Balaban J connectivity index is 1.59. The number of rotatable bonds is 2. The van der Waals surface area contributed by atoms with Crippen LogP contribution in [0.25, 0.3) is 0 Å². The lowest BCUT2D eigenvalue weighted by atomic mass is 9.94. The van der Waals surface area contributed by atoms with Crippen LogP contribution in [-0.4, -0.2) is 40.5 Å². The van der Waals surface area contributed by atoms with Crippen molar-refractivity contribution in [3.8, 4) is 0 Å². The second-order valence-electron chi connectivity index (χ2n) is 7.02. The molecule has 7 heteroatoms. The molecule has 1 amide bonds. The van der Waals surface area contributed by atoms with Crippen molar-refractivity contribution in [2.75, 3.05) is 19.7 Å². The fourth-order valence-corrected chi connectivity index (χ4v) is 3.89. The van der Waals surface area contributed by atoms with Crippen LogP contribution in [0.15, 0.2) is 15.3 Å². The van der Waals surface area contributed by atoms with Gasteiger partial charge in [0.25, 0.3) is 11.5 Å². The van der Waals surface area contributed by atoms with Crippen LogP contribution in [-0.2, 0) is 17.6 Å². The average Bonchev–Trinajstić information content (AvgIpc) is 2.96. The minimum atomic E-state index is -0.427. The molecular formula is C19H23N3O4. The number of amides is 1. The number of ether oxygens (including phenoxy) is 1. The van der Waals surface area contributed by atoms with Crippen LogP contribution in [0.4, 0.5) is 0 Å². The Morgan fingerprint density at radius 3 is 2.92 bits per heavy atom. The first-order valence-electron chi connectivity index (χ1n) is 9.13. The number of aromatic amines is 1. The van der Waals surface area contributed by atoms with Gasteiger partial charge >= 0.3 is 0 Å². The van der Waals surface area contributed by atoms with Gasteiger partial charge in [-0.3, -0.25) is 9.59 Å². The van der Waals surface area contributed by atoms with Crippen molar-refractivity contribution in [3.05, 3.63) is 50.6 Å². The Morgan fingerprint density at radius 2 is 2.12 bits per heavy atom. The highest BCUT2D eigenvalue weighted by atomic mass is 16.5. The van der Waals surface area contributed by atoms with E-state index in [0.29, 0.717) is 42.5 Å². The Kier molecular flexibility index (Phi) is 4.40. The highest BCUT2D eigenvalue weighted by Crippen LogP contribution is 2.31. The third kappa shape index (κ3) is 3.07. The predicted octanol–water partition coefficient (Wildman–Crippen LogP) is 2.07. The summed E-state index contributed by atoms with van der Waals surface area (Å²) in [7, 11) is 0. The fraction of sp³-hybridized carbons (Fsp3) is 0.526. The number of furan rings is 1. The molecule has 1 fully saturated rings. The first-order valence-corrected chi connectivity index (χ1v) is 9.13. The van der Waals surface area contributed by atoms with Gasteiger partial charge in [0.15, 0.2) is 0 Å². The summed E-state index contributed by atoms with van der Waals surface area (Å²) in [5.41, 5.74) is 2.21. The SMILES string of the molecule is Cc1cc(=O)[nH]c([C@H]2CN(C(=O)c3c(C)oc4c3CCCC4)CCO2)n1. The maximum absolute atomic E-state index is 13.2. The van der Waals surface area contributed by atoms with E-state index in [2.05, 4.69) is 9.97 Å². The molecule has 0 unspecified atom stereocenters. The van der Waals surface area contributed by atoms with E-state index in [1.165, 1.54) is 6.07 Å².